The molecule has 0 aromatic heterocycles. The Kier molecular flexibility index (Phi) is 9.83. The van der Waals surface area contributed by atoms with Crippen LogP contribution in [0.4, 0.5) is 0 Å². The summed E-state index contributed by atoms with van der Waals surface area (Å²) in [7, 11) is 0. The maximum absolute atomic E-state index is 10.4. The summed E-state index contributed by atoms with van der Waals surface area (Å²) in [5.74, 6) is 0.760. The van der Waals surface area contributed by atoms with E-state index in [1.807, 2.05) is 0 Å². The van der Waals surface area contributed by atoms with Crippen molar-refractivity contribution in [3.8, 4) is 0 Å². The van der Waals surface area contributed by atoms with Crippen molar-refractivity contribution in [2.75, 3.05) is 0 Å². The van der Waals surface area contributed by atoms with Gasteiger partial charge in [0.1, 0.15) is 5.60 Å². The smallest absolute Gasteiger partial charge is 0.111 e. The van der Waals surface area contributed by atoms with E-state index in [1.165, 1.54) is 48.8 Å². The molecule has 0 aromatic carbocycles. The van der Waals surface area contributed by atoms with Crippen molar-refractivity contribution < 1.29 is 9.84 Å². The van der Waals surface area contributed by atoms with Crippen molar-refractivity contribution in [1.29, 1.82) is 0 Å². The second-order valence-corrected chi connectivity index (χ2v) is 10.4. The SMILES string of the molecule is CC=CCCC(C)=CCCC(C)CCCC1(C)CCC2=CC(O)C(C)=C(C)C2(CC)O1. The molecule has 1 saturated heterocycles. The van der Waals surface area contributed by atoms with Crippen LogP contribution in [0, 0.1) is 5.92 Å². The van der Waals surface area contributed by atoms with Crippen molar-refractivity contribution in [2.45, 2.75) is 130 Å². The van der Waals surface area contributed by atoms with E-state index < -0.39 is 6.10 Å². The van der Waals surface area contributed by atoms with Gasteiger partial charge in [-0.2, -0.15) is 0 Å². The number of aliphatic hydroxyl groups excluding tert-OH is 1. The van der Waals surface area contributed by atoms with Crippen molar-refractivity contribution in [1.82, 2.24) is 0 Å². The third kappa shape index (κ3) is 6.68. The zero-order valence-corrected chi connectivity index (χ0v) is 21.4. The minimum absolute atomic E-state index is 0.0693. The molecular formula is C29H48O2. The lowest BCUT2D eigenvalue weighted by Crippen LogP contribution is -2.51. The summed E-state index contributed by atoms with van der Waals surface area (Å²) in [6, 6.07) is 0. The third-order valence-electron chi connectivity index (χ3n) is 7.86. The highest BCUT2D eigenvalue weighted by molar-refractivity contribution is 5.44. The van der Waals surface area contributed by atoms with Gasteiger partial charge in [-0.05, 0) is 115 Å². The highest BCUT2D eigenvalue weighted by atomic mass is 16.5. The molecule has 1 aliphatic carbocycles. The minimum atomic E-state index is -0.440. The lowest BCUT2D eigenvalue weighted by atomic mass is 9.70. The second kappa shape index (κ2) is 11.7. The number of hydrogen-bond acceptors (Lipinski definition) is 2. The molecule has 0 saturated carbocycles. The summed E-state index contributed by atoms with van der Waals surface area (Å²) in [6.07, 6.45) is 20.0. The molecule has 1 heterocycles. The number of allylic oxidation sites excluding steroid dienone is 4. The summed E-state index contributed by atoms with van der Waals surface area (Å²) >= 11 is 0. The Morgan fingerprint density at radius 1 is 1.29 bits per heavy atom. The molecule has 2 nitrogen and oxygen atoms in total. The second-order valence-electron chi connectivity index (χ2n) is 10.4. The van der Waals surface area contributed by atoms with Gasteiger partial charge in [-0.25, -0.2) is 0 Å². The molecule has 0 radical (unpaired) electrons. The zero-order chi connectivity index (χ0) is 23.1. The molecule has 0 aromatic rings. The maximum Gasteiger partial charge on any atom is 0.111 e. The Labute approximate surface area is 192 Å². The van der Waals surface area contributed by atoms with Crippen molar-refractivity contribution in [2.24, 2.45) is 5.92 Å². The van der Waals surface area contributed by atoms with Crippen LogP contribution in [0.2, 0.25) is 0 Å². The first-order chi connectivity index (χ1) is 14.7. The summed E-state index contributed by atoms with van der Waals surface area (Å²) in [5, 5.41) is 10.4. The van der Waals surface area contributed by atoms with Crippen molar-refractivity contribution >= 4 is 0 Å². The molecule has 1 fully saturated rings. The predicted octanol–water partition coefficient (Wildman–Crippen LogP) is 8.23. The molecule has 4 atom stereocenters. The van der Waals surface area contributed by atoms with Crippen LogP contribution in [0.1, 0.15) is 113 Å². The monoisotopic (exact) mass is 428 g/mol. The molecular weight excluding hydrogens is 380 g/mol. The molecule has 0 amide bonds. The summed E-state index contributed by atoms with van der Waals surface area (Å²) in [4.78, 5) is 0. The lowest BCUT2D eigenvalue weighted by Gasteiger charge is -2.51. The number of fused-ring (bicyclic) bond motifs is 1. The van der Waals surface area contributed by atoms with E-state index in [-0.39, 0.29) is 11.2 Å². The first-order valence-electron chi connectivity index (χ1n) is 12.7. The minimum Gasteiger partial charge on any atom is -0.385 e. The molecule has 1 aliphatic heterocycles. The number of rotatable bonds is 11. The summed E-state index contributed by atoms with van der Waals surface area (Å²) in [5.41, 5.74) is 4.76. The molecule has 2 rings (SSSR count). The van der Waals surface area contributed by atoms with Gasteiger partial charge in [0.05, 0.1) is 11.7 Å². The van der Waals surface area contributed by atoms with Gasteiger partial charge in [-0.3, -0.25) is 0 Å². The average molecular weight is 429 g/mol. The molecule has 1 N–H and O–H groups in total. The summed E-state index contributed by atoms with van der Waals surface area (Å²) in [6.45, 7) is 15.5. The number of ether oxygens (including phenoxy) is 1. The fourth-order valence-electron chi connectivity index (χ4n) is 5.43. The predicted molar refractivity (Wildman–Crippen MR) is 134 cm³/mol. The molecule has 2 aliphatic rings. The molecule has 0 spiro atoms. The Morgan fingerprint density at radius 3 is 2.71 bits per heavy atom. The van der Waals surface area contributed by atoms with Gasteiger partial charge in [0, 0.05) is 0 Å². The van der Waals surface area contributed by atoms with Crippen LogP contribution >= 0.6 is 0 Å². The Bertz CT molecular complexity index is 710. The van der Waals surface area contributed by atoms with E-state index in [0.29, 0.717) is 0 Å². The van der Waals surface area contributed by atoms with Gasteiger partial charge < -0.3 is 9.84 Å². The Hall–Kier alpha value is -1.12. The fraction of sp³-hybridized carbons (Fsp3) is 0.724. The maximum atomic E-state index is 10.4. The Balaban J connectivity index is 1.84. The molecule has 0 bridgehead atoms. The van der Waals surface area contributed by atoms with Crippen molar-refractivity contribution in [3.63, 3.8) is 0 Å². The molecule has 4 unspecified atom stereocenters. The summed E-state index contributed by atoms with van der Waals surface area (Å²) < 4.78 is 6.93. The Morgan fingerprint density at radius 2 is 2.03 bits per heavy atom. The quantitative estimate of drug-likeness (QED) is 0.336. The average Bonchev–Trinajstić information content (AvgIpc) is 2.73. The number of aliphatic hydroxyl groups is 1. The lowest BCUT2D eigenvalue weighted by molar-refractivity contribution is -0.144. The van der Waals surface area contributed by atoms with Gasteiger partial charge in [0.15, 0.2) is 0 Å². The standard InChI is InChI=1S/C29H48O2/c1-8-10-11-14-22(3)15-12-16-23(4)17-13-19-28(7)20-18-26-21-27(30)24(5)25(6)29(26,9-2)31-28/h8,10,15,21,23,27,30H,9,11-14,16-20H2,1-7H3. The first-order valence-corrected chi connectivity index (χ1v) is 12.7. The van der Waals surface area contributed by atoms with Crippen LogP contribution in [0.5, 0.6) is 0 Å². The van der Waals surface area contributed by atoms with Crippen LogP contribution in [-0.2, 0) is 4.74 Å². The van der Waals surface area contributed by atoms with Crippen LogP contribution in [0.15, 0.2) is 46.6 Å². The topological polar surface area (TPSA) is 29.5 Å². The van der Waals surface area contributed by atoms with Gasteiger partial charge in [-0.15, -0.1) is 0 Å². The van der Waals surface area contributed by atoms with E-state index in [0.717, 1.165) is 43.6 Å². The van der Waals surface area contributed by atoms with Crippen LogP contribution in [0.3, 0.4) is 0 Å². The van der Waals surface area contributed by atoms with Crippen LogP contribution in [0.25, 0.3) is 0 Å². The number of hydrogen-bond donors (Lipinski definition) is 1. The highest BCUT2D eigenvalue weighted by Gasteiger charge is 2.48. The van der Waals surface area contributed by atoms with Crippen LogP contribution < -0.4 is 0 Å². The van der Waals surface area contributed by atoms with E-state index in [4.69, 9.17) is 4.74 Å². The molecule has 176 valence electrons. The van der Waals surface area contributed by atoms with Gasteiger partial charge in [0.2, 0.25) is 0 Å². The third-order valence-corrected chi connectivity index (χ3v) is 7.86. The van der Waals surface area contributed by atoms with Gasteiger partial charge >= 0.3 is 0 Å². The van der Waals surface area contributed by atoms with Crippen molar-refractivity contribution in [3.05, 3.63) is 46.6 Å². The molecule has 2 heteroatoms. The van der Waals surface area contributed by atoms with E-state index >= 15 is 0 Å². The van der Waals surface area contributed by atoms with E-state index in [2.05, 4.69) is 72.8 Å². The van der Waals surface area contributed by atoms with Gasteiger partial charge in [-0.1, -0.05) is 50.5 Å². The highest BCUT2D eigenvalue weighted by Crippen LogP contribution is 2.50. The van der Waals surface area contributed by atoms with E-state index in [1.54, 1.807) is 0 Å². The first kappa shape index (κ1) is 26.1. The molecule has 31 heavy (non-hydrogen) atoms. The van der Waals surface area contributed by atoms with Crippen LogP contribution in [-0.4, -0.2) is 22.4 Å². The normalized spacial score (nSPS) is 30.5. The van der Waals surface area contributed by atoms with E-state index in [9.17, 15) is 5.11 Å². The largest absolute Gasteiger partial charge is 0.385 e. The zero-order valence-electron chi connectivity index (χ0n) is 21.4. The van der Waals surface area contributed by atoms with Gasteiger partial charge in [0.25, 0.3) is 0 Å². The fourth-order valence-corrected chi connectivity index (χ4v) is 5.43.